The van der Waals surface area contributed by atoms with Crippen LogP contribution in [0.4, 0.5) is 0 Å². The number of hydrogen-bond acceptors (Lipinski definition) is 4. The van der Waals surface area contributed by atoms with Gasteiger partial charge in [0.15, 0.2) is 0 Å². The Morgan fingerprint density at radius 2 is 2.33 bits per heavy atom. The molecule has 6 heteroatoms. The van der Waals surface area contributed by atoms with Gasteiger partial charge in [0.1, 0.15) is 17.1 Å². The minimum absolute atomic E-state index is 0.219. The van der Waals surface area contributed by atoms with Gasteiger partial charge in [0.2, 0.25) is 5.82 Å². The van der Waals surface area contributed by atoms with Gasteiger partial charge in [-0.1, -0.05) is 30.4 Å². The first-order valence-electron chi connectivity index (χ1n) is 5.65. The second-order valence-corrected chi connectivity index (χ2v) is 4.64. The molecule has 0 saturated heterocycles. The van der Waals surface area contributed by atoms with Crippen LogP contribution >= 0.6 is 12.2 Å². The van der Waals surface area contributed by atoms with E-state index in [0.29, 0.717) is 24.9 Å². The Kier molecular flexibility index (Phi) is 2.71. The molecule has 2 N–H and O–H groups in total. The van der Waals surface area contributed by atoms with E-state index in [1.165, 1.54) is 5.56 Å². The molecule has 92 valence electrons. The highest BCUT2D eigenvalue weighted by atomic mass is 32.1. The first-order chi connectivity index (χ1) is 8.74. The van der Waals surface area contributed by atoms with Crippen molar-refractivity contribution < 1.29 is 4.74 Å². The van der Waals surface area contributed by atoms with E-state index >= 15 is 0 Å². The molecule has 1 aromatic heterocycles. The Hall–Kier alpha value is -1.95. The van der Waals surface area contributed by atoms with Gasteiger partial charge in [-0.05, 0) is 6.07 Å². The molecule has 1 unspecified atom stereocenters. The summed E-state index contributed by atoms with van der Waals surface area (Å²) in [6.07, 6.45) is 1.65. The number of aromatic nitrogens is 3. The SMILES string of the molecule is NC(=S)c1ncn(CC2COc3ccccc32)n1. The molecule has 18 heavy (non-hydrogen) atoms. The van der Waals surface area contributed by atoms with E-state index in [4.69, 9.17) is 22.7 Å². The topological polar surface area (TPSA) is 66.0 Å². The summed E-state index contributed by atoms with van der Waals surface area (Å²) in [5.74, 6) is 1.66. The molecule has 1 aromatic carbocycles. The Morgan fingerprint density at radius 3 is 3.11 bits per heavy atom. The number of ether oxygens (including phenoxy) is 1. The third-order valence-electron chi connectivity index (χ3n) is 2.96. The van der Waals surface area contributed by atoms with Gasteiger partial charge in [-0.2, -0.15) is 0 Å². The number of benzene rings is 1. The predicted molar refractivity (Wildman–Crippen MR) is 70.6 cm³/mol. The summed E-state index contributed by atoms with van der Waals surface area (Å²) in [4.78, 5) is 4.28. The van der Waals surface area contributed by atoms with Gasteiger partial charge < -0.3 is 10.5 Å². The third kappa shape index (κ3) is 1.95. The molecular formula is C12H12N4OS. The number of fused-ring (bicyclic) bond motifs is 1. The van der Waals surface area contributed by atoms with Crippen molar-refractivity contribution in [1.29, 1.82) is 0 Å². The van der Waals surface area contributed by atoms with Crippen LogP contribution in [0.25, 0.3) is 0 Å². The molecule has 0 radical (unpaired) electrons. The fourth-order valence-corrected chi connectivity index (χ4v) is 2.20. The minimum Gasteiger partial charge on any atom is -0.493 e. The molecule has 5 nitrogen and oxygen atoms in total. The summed E-state index contributed by atoms with van der Waals surface area (Å²) < 4.78 is 7.38. The lowest BCUT2D eigenvalue weighted by molar-refractivity contribution is 0.315. The van der Waals surface area contributed by atoms with Crippen molar-refractivity contribution in [2.75, 3.05) is 6.61 Å². The van der Waals surface area contributed by atoms with Crippen LogP contribution in [0.1, 0.15) is 17.3 Å². The monoisotopic (exact) mass is 260 g/mol. The maximum absolute atomic E-state index is 5.63. The van der Waals surface area contributed by atoms with Gasteiger partial charge in [0, 0.05) is 11.5 Å². The summed E-state index contributed by atoms with van der Waals surface area (Å²) in [6.45, 7) is 1.38. The molecule has 1 aliphatic rings. The zero-order valence-corrected chi connectivity index (χ0v) is 10.4. The van der Waals surface area contributed by atoms with Crippen molar-refractivity contribution in [1.82, 2.24) is 14.8 Å². The molecule has 0 amide bonds. The van der Waals surface area contributed by atoms with Gasteiger partial charge in [-0.15, -0.1) is 5.10 Å². The standard InChI is InChI=1S/C12H12N4OS/c13-11(18)12-14-7-16(15-12)5-8-6-17-10-4-2-1-3-9(8)10/h1-4,7-8H,5-6H2,(H2,13,18). The van der Waals surface area contributed by atoms with E-state index in [1.807, 2.05) is 18.2 Å². The zero-order chi connectivity index (χ0) is 12.5. The number of nitrogens with zero attached hydrogens (tertiary/aromatic N) is 3. The fourth-order valence-electron chi connectivity index (χ4n) is 2.10. The Bertz CT molecular complexity index is 595. The second kappa shape index (κ2) is 4.38. The highest BCUT2D eigenvalue weighted by Gasteiger charge is 2.24. The van der Waals surface area contributed by atoms with Crippen LogP contribution in [-0.4, -0.2) is 26.4 Å². The molecule has 1 atom stereocenters. The van der Waals surface area contributed by atoms with Crippen molar-refractivity contribution in [3.8, 4) is 5.75 Å². The summed E-state index contributed by atoms with van der Waals surface area (Å²) in [5, 5.41) is 4.23. The molecule has 0 saturated carbocycles. The number of nitrogens with two attached hydrogens (primary N) is 1. The molecule has 2 aromatic rings. The smallest absolute Gasteiger partial charge is 0.208 e. The summed E-state index contributed by atoms with van der Waals surface area (Å²) in [5.41, 5.74) is 6.69. The summed E-state index contributed by atoms with van der Waals surface area (Å²) in [7, 11) is 0. The third-order valence-corrected chi connectivity index (χ3v) is 3.15. The number of hydrogen-bond donors (Lipinski definition) is 1. The van der Waals surface area contributed by atoms with Crippen molar-refractivity contribution in [2.45, 2.75) is 12.5 Å². The number of rotatable bonds is 3. The largest absolute Gasteiger partial charge is 0.493 e. The lowest BCUT2D eigenvalue weighted by atomic mass is 10.0. The van der Waals surface area contributed by atoms with Crippen molar-refractivity contribution in [3.05, 3.63) is 42.0 Å². The number of para-hydroxylation sites is 1. The lowest BCUT2D eigenvalue weighted by Crippen LogP contribution is -2.14. The van der Waals surface area contributed by atoms with E-state index in [0.717, 1.165) is 5.75 Å². The maximum atomic E-state index is 5.63. The molecular weight excluding hydrogens is 248 g/mol. The Morgan fingerprint density at radius 1 is 1.50 bits per heavy atom. The lowest BCUT2D eigenvalue weighted by Gasteiger charge is -2.07. The second-order valence-electron chi connectivity index (χ2n) is 4.20. The van der Waals surface area contributed by atoms with Gasteiger partial charge in [-0.3, -0.25) is 4.68 Å². The van der Waals surface area contributed by atoms with Crippen LogP contribution < -0.4 is 10.5 Å². The van der Waals surface area contributed by atoms with E-state index in [9.17, 15) is 0 Å². The quantitative estimate of drug-likeness (QED) is 0.837. The Balaban J connectivity index is 1.80. The first-order valence-corrected chi connectivity index (χ1v) is 6.06. The van der Waals surface area contributed by atoms with Crippen molar-refractivity contribution >= 4 is 17.2 Å². The van der Waals surface area contributed by atoms with Crippen molar-refractivity contribution in [3.63, 3.8) is 0 Å². The van der Waals surface area contributed by atoms with Gasteiger partial charge in [0.05, 0.1) is 13.2 Å². The van der Waals surface area contributed by atoms with Crippen molar-refractivity contribution in [2.24, 2.45) is 5.73 Å². The average Bonchev–Trinajstić information content (AvgIpc) is 2.98. The first kappa shape index (κ1) is 11.2. The molecule has 1 aliphatic heterocycles. The Labute approximate surface area is 110 Å². The molecule has 0 spiro atoms. The normalized spacial score (nSPS) is 17.2. The summed E-state index contributed by atoms with van der Waals surface area (Å²) in [6, 6.07) is 8.06. The number of thiocarbonyl (C=S) groups is 1. The molecule has 0 bridgehead atoms. The molecule has 0 fully saturated rings. The molecule has 3 rings (SSSR count). The van der Waals surface area contributed by atoms with Crippen LogP contribution in [0.3, 0.4) is 0 Å². The van der Waals surface area contributed by atoms with Crippen LogP contribution in [0.2, 0.25) is 0 Å². The van der Waals surface area contributed by atoms with Gasteiger partial charge in [-0.25, -0.2) is 4.98 Å². The van der Waals surface area contributed by atoms with Crippen LogP contribution in [-0.2, 0) is 6.54 Å². The highest BCUT2D eigenvalue weighted by Crippen LogP contribution is 2.34. The highest BCUT2D eigenvalue weighted by molar-refractivity contribution is 7.80. The zero-order valence-electron chi connectivity index (χ0n) is 9.61. The molecule has 0 aliphatic carbocycles. The summed E-state index contributed by atoms with van der Waals surface area (Å²) >= 11 is 4.84. The van der Waals surface area contributed by atoms with E-state index in [-0.39, 0.29) is 4.99 Å². The van der Waals surface area contributed by atoms with Gasteiger partial charge in [0.25, 0.3) is 0 Å². The fraction of sp³-hybridized carbons (Fsp3) is 0.250. The van der Waals surface area contributed by atoms with Crippen LogP contribution in [0.5, 0.6) is 5.75 Å². The van der Waals surface area contributed by atoms with Gasteiger partial charge >= 0.3 is 0 Å². The van der Waals surface area contributed by atoms with Crippen LogP contribution in [0.15, 0.2) is 30.6 Å². The van der Waals surface area contributed by atoms with E-state index in [1.54, 1.807) is 11.0 Å². The predicted octanol–water partition coefficient (Wildman–Crippen LogP) is 1.09. The van der Waals surface area contributed by atoms with Crippen LogP contribution in [0, 0.1) is 0 Å². The minimum atomic E-state index is 0.219. The maximum Gasteiger partial charge on any atom is 0.208 e. The average molecular weight is 260 g/mol. The van der Waals surface area contributed by atoms with E-state index in [2.05, 4.69) is 16.1 Å². The molecule has 2 heterocycles. The van der Waals surface area contributed by atoms with E-state index < -0.39 is 0 Å².